The Morgan fingerprint density at radius 2 is 1.15 bits per heavy atom. The highest BCUT2D eigenvalue weighted by Crippen LogP contribution is 2.46. The van der Waals surface area contributed by atoms with E-state index in [2.05, 4.69) is 58.0 Å². The molecule has 0 radical (unpaired) electrons. The molecule has 2 aliphatic rings. The molecule has 2 atom stereocenters. The maximum atomic E-state index is 2.51. The third-order valence-electron chi connectivity index (χ3n) is 7.17. The number of benzene rings is 2. The summed E-state index contributed by atoms with van der Waals surface area (Å²) in [5.41, 5.74) is 10.9. The van der Waals surface area contributed by atoms with E-state index >= 15 is 0 Å². The van der Waals surface area contributed by atoms with Crippen molar-refractivity contribution in [1.82, 2.24) is 0 Å². The topological polar surface area (TPSA) is 0 Å². The minimum Gasteiger partial charge on any atom is -0.0590 e. The maximum Gasteiger partial charge on any atom is -0.0153 e. The molecule has 2 aliphatic carbocycles. The monoisotopic (exact) mass is 346 g/mol. The molecule has 2 fully saturated rings. The van der Waals surface area contributed by atoms with Gasteiger partial charge in [0.15, 0.2) is 0 Å². The van der Waals surface area contributed by atoms with Crippen LogP contribution in [0.1, 0.15) is 102 Å². The Labute approximate surface area is 160 Å². The van der Waals surface area contributed by atoms with Gasteiger partial charge in [-0.15, -0.1) is 0 Å². The lowest BCUT2D eigenvalue weighted by atomic mass is 9.71. The first-order valence-electron chi connectivity index (χ1n) is 10.7. The van der Waals surface area contributed by atoms with E-state index in [1.165, 1.54) is 61.6 Å². The van der Waals surface area contributed by atoms with Gasteiger partial charge in [-0.2, -0.15) is 0 Å². The van der Waals surface area contributed by atoms with Crippen LogP contribution in [0, 0.1) is 27.7 Å². The standard InChI is InChI=1S/C26H34/c1-17-11-12-19(3)24(13-17)22-9-6-10-23(16-22)26-15-18(2)14-25(20(26)4)21-7-5-8-21/h11-15,21-23H,5-10,16H2,1-4H3. The van der Waals surface area contributed by atoms with Crippen LogP contribution in [-0.2, 0) is 0 Å². The lowest BCUT2D eigenvalue weighted by molar-refractivity contribution is 0.389. The minimum atomic E-state index is 0.737. The van der Waals surface area contributed by atoms with Gasteiger partial charge in [-0.25, -0.2) is 0 Å². The molecule has 138 valence electrons. The van der Waals surface area contributed by atoms with Crippen molar-refractivity contribution >= 4 is 0 Å². The second-order valence-electron chi connectivity index (χ2n) is 9.12. The number of hydrogen-bond acceptors (Lipinski definition) is 0. The summed E-state index contributed by atoms with van der Waals surface area (Å²) in [6.45, 7) is 9.24. The zero-order chi connectivity index (χ0) is 18.3. The summed E-state index contributed by atoms with van der Waals surface area (Å²) in [5, 5.41) is 0. The molecule has 4 rings (SSSR count). The van der Waals surface area contributed by atoms with Gasteiger partial charge in [0, 0.05) is 0 Å². The summed E-state index contributed by atoms with van der Waals surface area (Å²) >= 11 is 0. The van der Waals surface area contributed by atoms with Crippen LogP contribution in [0.5, 0.6) is 0 Å². The smallest absolute Gasteiger partial charge is 0.0153 e. The van der Waals surface area contributed by atoms with Gasteiger partial charge in [0.05, 0.1) is 0 Å². The Morgan fingerprint density at radius 1 is 0.615 bits per heavy atom. The number of hydrogen-bond donors (Lipinski definition) is 0. The third-order valence-corrected chi connectivity index (χ3v) is 7.17. The molecule has 2 aromatic carbocycles. The largest absolute Gasteiger partial charge is 0.0590 e. The summed E-state index contributed by atoms with van der Waals surface area (Å²) in [4.78, 5) is 0. The molecule has 0 spiro atoms. The normalized spacial score (nSPS) is 23.7. The summed E-state index contributed by atoms with van der Waals surface area (Å²) in [7, 11) is 0. The fourth-order valence-electron chi connectivity index (χ4n) is 5.44. The summed E-state index contributed by atoms with van der Waals surface area (Å²) in [6, 6.07) is 12.0. The van der Waals surface area contributed by atoms with Gasteiger partial charge in [0.1, 0.15) is 0 Å². The first-order chi connectivity index (χ1) is 12.5. The van der Waals surface area contributed by atoms with Gasteiger partial charge in [0.25, 0.3) is 0 Å². The molecule has 0 aromatic heterocycles. The molecule has 0 nitrogen and oxygen atoms in total. The maximum absolute atomic E-state index is 2.51. The van der Waals surface area contributed by atoms with Crippen LogP contribution < -0.4 is 0 Å². The van der Waals surface area contributed by atoms with Crippen molar-refractivity contribution in [3.63, 3.8) is 0 Å². The average molecular weight is 347 g/mol. The molecule has 0 bridgehead atoms. The number of rotatable bonds is 3. The van der Waals surface area contributed by atoms with Crippen LogP contribution in [0.15, 0.2) is 30.3 Å². The van der Waals surface area contributed by atoms with E-state index in [0.717, 1.165) is 17.8 Å². The van der Waals surface area contributed by atoms with E-state index in [1.807, 2.05) is 0 Å². The Balaban J connectivity index is 1.64. The van der Waals surface area contributed by atoms with E-state index in [0.29, 0.717) is 0 Å². The first kappa shape index (κ1) is 17.8. The van der Waals surface area contributed by atoms with Crippen LogP contribution in [0.4, 0.5) is 0 Å². The molecule has 0 amide bonds. The van der Waals surface area contributed by atoms with Crippen molar-refractivity contribution in [2.45, 2.75) is 90.4 Å². The quantitative estimate of drug-likeness (QED) is 0.536. The second kappa shape index (κ2) is 7.22. The molecule has 0 heteroatoms. The molecule has 0 N–H and O–H groups in total. The zero-order valence-corrected chi connectivity index (χ0v) is 17.1. The van der Waals surface area contributed by atoms with Gasteiger partial charge in [0.2, 0.25) is 0 Å². The summed E-state index contributed by atoms with van der Waals surface area (Å²) in [6.07, 6.45) is 9.66. The minimum absolute atomic E-state index is 0.737. The molecule has 2 saturated carbocycles. The van der Waals surface area contributed by atoms with Crippen molar-refractivity contribution < 1.29 is 0 Å². The van der Waals surface area contributed by atoms with E-state index in [4.69, 9.17) is 0 Å². The molecule has 2 aromatic rings. The van der Waals surface area contributed by atoms with Crippen molar-refractivity contribution in [1.29, 1.82) is 0 Å². The van der Waals surface area contributed by atoms with E-state index < -0.39 is 0 Å². The van der Waals surface area contributed by atoms with E-state index in [-0.39, 0.29) is 0 Å². The predicted molar refractivity (Wildman–Crippen MR) is 112 cm³/mol. The third kappa shape index (κ3) is 3.36. The Kier molecular flexibility index (Phi) is 4.95. The van der Waals surface area contributed by atoms with Crippen molar-refractivity contribution in [2.75, 3.05) is 0 Å². The van der Waals surface area contributed by atoms with Gasteiger partial charge in [-0.1, -0.05) is 54.3 Å². The van der Waals surface area contributed by atoms with Gasteiger partial charge in [-0.05, 0) is 105 Å². The SMILES string of the molecule is Cc1ccc(C)c(C2CCCC(c3cc(C)cc(C4CCC4)c3C)C2)c1. The molecular formula is C26H34. The van der Waals surface area contributed by atoms with Crippen molar-refractivity contribution in [2.24, 2.45) is 0 Å². The van der Waals surface area contributed by atoms with E-state index in [9.17, 15) is 0 Å². The Morgan fingerprint density at radius 3 is 1.81 bits per heavy atom. The molecule has 0 aliphatic heterocycles. The van der Waals surface area contributed by atoms with Crippen molar-refractivity contribution in [3.8, 4) is 0 Å². The van der Waals surface area contributed by atoms with Gasteiger partial charge < -0.3 is 0 Å². The Bertz CT molecular complexity index is 794. The predicted octanol–water partition coefficient (Wildman–Crippen LogP) is 7.63. The summed E-state index contributed by atoms with van der Waals surface area (Å²) in [5.74, 6) is 2.32. The second-order valence-corrected chi connectivity index (χ2v) is 9.12. The van der Waals surface area contributed by atoms with Gasteiger partial charge in [-0.3, -0.25) is 0 Å². The molecule has 0 heterocycles. The van der Waals surface area contributed by atoms with Gasteiger partial charge >= 0.3 is 0 Å². The number of aryl methyl sites for hydroxylation is 3. The molecular weight excluding hydrogens is 312 g/mol. The highest BCUT2D eigenvalue weighted by Gasteiger charge is 2.29. The van der Waals surface area contributed by atoms with Crippen LogP contribution >= 0.6 is 0 Å². The van der Waals surface area contributed by atoms with E-state index in [1.54, 1.807) is 22.3 Å². The fraction of sp³-hybridized carbons (Fsp3) is 0.538. The molecule has 26 heavy (non-hydrogen) atoms. The highest BCUT2D eigenvalue weighted by atomic mass is 14.3. The summed E-state index contributed by atoms with van der Waals surface area (Å²) < 4.78 is 0. The lowest BCUT2D eigenvalue weighted by Crippen LogP contribution is -2.17. The molecule has 2 unspecified atom stereocenters. The Hall–Kier alpha value is -1.56. The van der Waals surface area contributed by atoms with Crippen LogP contribution in [0.2, 0.25) is 0 Å². The average Bonchev–Trinajstić information content (AvgIpc) is 2.58. The highest BCUT2D eigenvalue weighted by molar-refractivity contribution is 5.43. The van der Waals surface area contributed by atoms with Crippen molar-refractivity contribution in [3.05, 3.63) is 69.3 Å². The van der Waals surface area contributed by atoms with Crippen LogP contribution in [0.25, 0.3) is 0 Å². The van der Waals surface area contributed by atoms with Crippen LogP contribution in [0.3, 0.4) is 0 Å². The zero-order valence-electron chi connectivity index (χ0n) is 17.1. The first-order valence-corrected chi connectivity index (χ1v) is 10.7. The van der Waals surface area contributed by atoms with Crippen LogP contribution in [-0.4, -0.2) is 0 Å². The fourth-order valence-corrected chi connectivity index (χ4v) is 5.44. The molecule has 0 saturated heterocycles. The lowest BCUT2D eigenvalue weighted by Gasteiger charge is -2.34.